The molecule has 1 amide bonds. The summed E-state index contributed by atoms with van der Waals surface area (Å²) < 4.78 is 78.0. The van der Waals surface area contributed by atoms with E-state index in [4.69, 9.17) is 6.57 Å². The molecule has 0 radical (unpaired) electrons. The molecule has 0 saturated carbocycles. The maximum Gasteiger partial charge on any atom is 0.416 e. The van der Waals surface area contributed by atoms with Crippen molar-refractivity contribution in [2.24, 2.45) is 0 Å². The zero-order chi connectivity index (χ0) is 26.7. The first-order chi connectivity index (χ1) is 16.7. The number of benzene rings is 3. The molecular formula is C25H20F4N2O4S. The summed E-state index contributed by atoms with van der Waals surface area (Å²) in [5, 5.41) is 13.7. The summed E-state index contributed by atoms with van der Waals surface area (Å²) in [6.07, 6.45) is -5.23. The molecule has 0 aromatic heterocycles. The Bertz CT molecular complexity index is 1410. The lowest BCUT2D eigenvalue weighted by Crippen LogP contribution is -2.50. The van der Waals surface area contributed by atoms with Gasteiger partial charge in [-0.2, -0.15) is 13.2 Å². The Kier molecular flexibility index (Phi) is 7.52. The smallest absolute Gasteiger partial charge is 0.379 e. The molecule has 0 aliphatic rings. The van der Waals surface area contributed by atoms with Crippen LogP contribution in [0, 0.1) is 19.3 Å². The first-order valence-electron chi connectivity index (χ1n) is 10.4. The largest absolute Gasteiger partial charge is 0.416 e. The van der Waals surface area contributed by atoms with Gasteiger partial charge in [-0.15, -0.1) is 0 Å². The lowest BCUT2D eigenvalue weighted by molar-refractivity contribution is -0.137. The minimum atomic E-state index is -4.60. The van der Waals surface area contributed by atoms with Crippen LogP contribution in [-0.2, 0) is 27.2 Å². The number of nitrogens with one attached hydrogen (secondary N) is 1. The first kappa shape index (κ1) is 26.8. The molecule has 11 heteroatoms. The third-order valence-electron chi connectivity index (χ3n) is 5.38. The molecule has 0 heterocycles. The lowest BCUT2D eigenvalue weighted by Gasteiger charge is -2.27. The monoisotopic (exact) mass is 520 g/mol. The van der Waals surface area contributed by atoms with Crippen molar-refractivity contribution in [2.45, 2.75) is 30.0 Å². The van der Waals surface area contributed by atoms with Crippen molar-refractivity contribution in [1.29, 1.82) is 0 Å². The average Bonchev–Trinajstić information content (AvgIpc) is 2.79. The second kappa shape index (κ2) is 10.1. The Hall–Kier alpha value is -3.75. The van der Waals surface area contributed by atoms with E-state index in [-0.39, 0.29) is 16.1 Å². The van der Waals surface area contributed by atoms with Crippen LogP contribution in [0.5, 0.6) is 0 Å². The van der Waals surface area contributed by atoms with Crippen molar-refractivity contribution in [3.8, 4) is 0 Å². The highest BCUT2D eigenvalue weighted by Crippen LogP contribution is 2.30. The number of carbonyl (C=O) groups is 1. The Morgan fingerprint density at radius 1 is 1.03 bits per heavy atom. The SMILES string of the molecule is [C-]#[N+]c1ccc(NC(=O)[C@](O)(Cc2ccc(C(F)(F)F)cc2)CS(=O)(=O)c2ccc(F)cc2)cc1C. The van der Waals surface area contributed by atoms with E-state index in [9.17, 15) is 35.9 Å². The molecule has 0 spiro atoms. The van der Waals surface area contributed by atoms with E-state index in [2.05, 4.69) is 10.2 Å². The number of aryl methyl sites for hydroxylation is 1. The minimum Gasteiger partial charge on any atom is -0.379 e. The maximum absolute atomic E-state index is 13.3. The number of anilines is 1. The third-order valence-corrected chi connectivity index (χ3v) is 7.23. The van der Waals surface area contributed by atoms with Crippen LogP contribution >= 0.6 is 0 Å². The molecule has 0 aliphatic carbocycles. The Labute approximate surface area is 204 Å². The van der Waals surface area contributed by atoms with Crippen LogP contribution in [0.1, 0.15) is 16.7 Å². The van der Waals surface area contributed by atoms with Gasteiger partial charge >= 0.3 is 6.18 Å². The van der Waals surface area contributed by atoms with E-state index in [1.807, 2.05) is 0 Å². The summed E-state index contributed by atoms with van der Waals surface area (Å²) in [5.41, 5.74) is -2.46. The lowest BCUT2D eigenvalue weighted by atomic mass is 9.94. The zero-order valence-corrected chi connectivity index (χ0v) is 19.6. The van der Waals surface area contributed by atoms with Crippen molar-refractivity contribution in [2.75, 3.05) is 11.1 Å². The molecule has 6 nitrogen and oxygen atoms in total. The summed E-state index contributed by atoms with van der Waals surface area (Å²) in [7, 11) is -4.34. The van der Waals surface area contributed by atoms with Crippen LogP contribution in [-0.4, -0.2) is 30.8 Å². The quantitative estimate of drug-likeness (QED) is 0.258. The van der Waals surface area contributed by atoms with Gasteiger partial charge in [-0.3, -0.25) is 4.79 Å². The fraction of sp³-hybridized carbons (Fsp3) is 0.200. The fourth-order valence-corrected chi connectivity index (χ4v) is 5.07. The zero-order valence-electron chi connectivity index (χ0n) is 18.8. The number of hydrogen-bond donors (Lipinski definition) is 2. The Balaban J connectivity index is 1.97. The van der Waals surface area contributed by atoms with Crippen molar-refractivity contribution < 1.29 is 35.9 Å². The van der Waals surface area contributed by atoms with Crippen molar-refractivity contribution >= 4 is 27.1 Å². The van der Waals surface area contributed by atoms with E-state index in [1.165, 1.54) is 18.2 Å². The summed E-state index contributed by atoms with van der Waals surface area (Å²) in [6, 6.07) is 11.7. The molecule has 2 N–H and O–H groups in total. The molecule has 0 aliphatic heterocycles. The van der Waals surface area contributed by atoms with Crippen LogP contribution in [0.4, 0.5) is 28.9 Å². The maximum atomic E-state index is 13.3. The van der Waals surface area contributed by atoms with E-state index in [0.29, 0.717) is 11.3 Å². The van der Waals surface area contributed by atoms with Crippen LogP contribution in [0.15, 0.2) is 71.6 Å². The molecule has 3 rings (SSSR count). The minimum absolute atomic E-state index is 0.0782. The number of halogens is 4. The molecule has 0 bridgehead atoms. The highest BCUT2D eigenvalue weighted by molar-refractivity contribution is 7.91. The number of sulfone groups is 1. The number of nitrogens with zero attached hydrogens (tertiary/aromatic N) is 1. The molecule has 0 fully saturated rings. The highest BCUT2D eigenvalue weighted by atomic mass is 32.2. The average molecular weight is 521 g/mol. The van der Waals surface area contributed by atoms with Gasteiger partial charge in [-0.1, -0.05) is 18.2 Å². The third kappa shape index (κ3) is 6.27. The molecule has 36 heavy (non-hydrogen) atoms. The van der Waals surface area contributed by atoms with Gasteiger partial charge in [0.05, 0.1) is 22.8 Å². The second-order valence-electron chi connectivity index (χ2n) is 8.18. The van der Waals surface area contributed by atoms with Gasteiger partial charge in [0, 0.05) is 12.1 Å². The Morgan fingerprint density at radius 2 is 1.64 bits per heavy atom. The standard InChI is InChI=1S/C25H20F4N2O4S/c1-16-13-20(9-12-22(16)30-2)31-23(32)24(33,14-17-3-5-18(6-4-17)25(27,28)29)15-36(34,35)21-10-7-19(26)8-11-21/h3-13,33H,14-15H2,1H3,(H,31,32)/t24-/m0/s1. The summed E-state index contributed by atoms with van der Waals surface area (Å²) in [6.45, 7) is 8.73. The van der Waals surface area contributed by atoms with E-state index in [1.54, 1.807) is 6.92 Å². The predicted octanol–water partition coefficient (Wildman–Crippen LogP) is 5.09. The van der Waals surface area contributed by atoms with E-state index < -0.39 is 51.1 Å². The van der Waals surface area contributed by atoms with Crippen molar-refractivity contribution in [3.05, 3.63) is 101 Å². The van der Waals surface area contributed by atoms with Crippen LogP contribution in [0.3, 0.4) is 0 Å². The Morgan fingerprint density at radius 3 is 2.17 bits per heavy atom. The normalized spacial score (nSPS) is 13.5. The fourth-order valence-electron chi connectivity index (χ4n) is 3.49. The summed E-state index contributed by atoms with van der Waals surface area (Å²) in [5.74, 6) is -2.94. The van der Waals surface area contributed by atoms with Gasteiger partial charge < -0.3 is 10.4 Å². The molecule has 1 atom stereocenters. The first-order valence-corrected chi connectivity index (χ1v) is 12.1. The van der Waals surface area contributed by atoms with Crippen LogP contribution in [0.2, 0.25) is 0 Å². The van der Waals surface area contributed by atoms with Crippen LogP contribution in [0.25, 0.3) is 4.85 Å². The molecule has 188 valence electrons. The number of carbonyl (C=O) groups excluding carboxylic acids is 1. The van der Waals surface area contributed by atoms with Gasteiger partial charge in [0.25, 0.3) is 5.91 Å². The molecule has 3 aromatic carbocycles. The predicted molar refractivity (Wildman–Crippen MR) is 125 cm³/mol. The van der Waals surface area contributed by atoms with Gasteiger partial charge in [0.2, 0.25) is 0 Å². The summed E-state index contributed by atoms with van der Waals surface area (Å²) >= 11 is 0. The molecule has 3 aromatic rings. The van der Waals surface area contributed by atoms with Gasteiger partial charge in [-0.05, 0) is 66.6 Å². The van der Waals surface area contributed by atoms with Crippen molar-refractivity contribution in [3.63, 3.8) is 0 Å². The second-order valence-corrected chi connectivity index (χ2v) is 10.2. The molecular weight excluding hydrogens is 500 g/mol. The topological polar surface area (TPSA) is 87.8 Å². The number of aliphatic hydroxyl groups is 1. The highest BCUT2D eigenvalue weighted by Gasteiger charge is 2.42. The summed E-state index contributed by atoms with van der Waals surface area (Å²) in [4.78, 5) is 16.1. The number of rotatable bonds is 7. The molecule has 0 unspecified atom stereocenters. The number of hydrogen-bond acceptors (Lipinski definition) is 4. The van der Waals surface area contributed by atoms with Gasteiger partial charge in [0.15, 0.2) is 21.1 Å². The number of amides is 1. The molecule has 0 saturated heterocycles. The van der Waals surface area contributed by atoms with E-state index >= 15 is 0 Å². The van der Waals surface area contributed by atoms with Gasteiger partial charge in [-0.25, -0.2) is 17.7 Å². The van der Waals surface area contributed by atoms with E-state index in [0.717, 1.165) is 48.5 Å². The number of alkyl halides is 3. The van der Waals surface area contributed by atoms with Crippen molar-refractivity contribution in [1.82, 2.24) is 0 Å². The van der Waals surface area contributed by atoms with Crippen LogP contribution < -0.4 is 5.32 Å². The van der Waals surface area contributed by atoms with Gasteiger partial charge in [0.1, 0.15) is 5.82 Å².